The van der Waals surface area contributed by atoms with Crippen molar-refractivity contribution in [2.45, 2.75) is 31.2 Å². The zero-order valence-corrected chi connectivity index (χ0v) is 19.3. The number of anilines is 1. The number of sulfonamides is 1. The third kappa shape index (κ3) is 4.54. The Kier molecular flexibility index (Phi) is 6.16. The lowest BCUT2D eigenvalue weighted by molar-refractivity contribution is 0.306. The molecule has 1 saturated heterocycles. The number of piperazine rings is 1. The summed E-state index contributed by atoms with van der Waals surface area (Å²) in [6, 6.07) is 14.7. The van der Waals surface area contributed by atoms with Crippen LogP contribution in [0.5, 0.6) is 0 Å². The zero-order chi connectivity index (χ0) is 21.3. The minimum absolute atomic E-state index is 0.149. The summed E-state index contributed by atoms with van der Waals surface area (Å²) in [6.07, 6.45) is 0.803. The van der Waals surface area contributed by atoms with E-state index in [1.165, 1.54) is 11.1 Å². The largest absolute Gasteiger partial charge is 0.345 e. The van der Waals surface area contributed by atoms with Crippen LogP contribution in [0.25, 0.3) is 0 Å². The molecule has 1 unspecified atom stereocenters. The van der Waals surface area contributed by atoms with Gasteiger partial charge in [0.05, 0.1) is 10.6 Å². The Morgan fingerprint density at radius 1 is 1.10 bits per heavy atom. The third-order valence-corrected chi connectivity index (χ3v) is 8.53. The summed E-state index contributed by atoms with van der Waals surface area (Å²) in [5, 5.41) is 3.57. The number of aryl methyl sites for hydroxylation is 1. The highest BCUT2D eigenvalue weighted by Gasteiger charge is 2.34. The topological polar surface area (TPSA) is 53.5 Å². The maximum Gasteiger partial charge on any atom is 0.243 e. The molecule has 8 heteroatoms. The normalized spacial score (nSPS) is 18.0. The summed E-state index contributed by atoms with van der Waals surface area (Å²) in [7, 11) is -3.54. The third-order valence-electron chi connectivity index (χ3n) is 5.30. The molecule has 0 N–H and O–H groups in total. The molecule has 1 aliphatic heterocycles. The van der Waals surface area contributed by atoms with E-state index in [9.17, 15) is 8.42 Å². The Labute approximate surface area is 187 Å². The number of hydrogen-bond acceptors (Lipinski definition) is 5. The monoisotopic (exact) mass is 461 g/mol. The second kappa shape index (κ2) is 8.67. The first-order valence-electron chi connectivity index (χ1n) is 9.85. The van der Waals surface area contributed by atoms with Crippen LogP contribution in [0.15, 0.2) is 58.8 Å². The van der Waals surface area contributed by atoms with Crippen molar-refractivity contribution in [3.8, 4) is 0 Å². The fourth-order valence-corrected chi connectivity index (χ4v) is 6.25. The molecule has 0 spiro atoms. The van der Waals surface area contributed by atoms with E-state index in [4.69, 9.17) is 16.6 Å². The summed E-state index contributed by atoms with van der Waals surface area (Å²) in [5.41, 5.74) is 3.53. The molecule has 30 heavy (non-hydrogen) atoms. The van der Waals surface area contributed by atoms with Gasteiger partial charge >= 0.3 is 0 Å². The van der Waals surface area contributed by atoms with Crippen molar-refractivity contribution in [2.75, 3.05) is 24.5 Å². The van der Waals surface area contributed by atoms with Crippen LogP contribution >= 0.6 is 22.9 Å². The maximum absolute atomic E-state index is 13.0. The van der Waals surface area contributed by atoms with E-state index in [2.05, 4.69) is 41.5 Å². The fraction of sp³-hybridized carbons (Fsp3) is 0.318. The average molecular weight is 462 g/mol. The van der Waals surface area contributed by atoms with Gasteiger partial charge in [0.1, 0.15) is 0 Å². The van der Waals surface area contributed by atoms with Gasteiger partial charge in [-0.25, -0.2) is 13.4 Å². The first kappa shape index (κ1) is 21.3. The molecule has 1 aromatic heterocycles. The summed E-state index contributed by atoms with van der Waals surface area (Å²) >= 11 is 7.52. The van der Waals surface area contributed by atoms with Crippen molar-refractivity contribution in [3.63, 3.8) is 0 Å². The Hall–Kier alpha value is -1.93. The minimum Gasteiger partial charge on any atom is -0.345 e. The van der Waals surface area contributed by atoms with Crippen LogP contribution in [0, 0.1) is 6.92 Å². The molecular formula is C22H24ClN3O2S2. The van der Waals surface area contributed by atoms with Gasteiger partial charge in [-0.1, -0.05) is 41.4 Å². The molecule has 0 bridgehead atoms. The standard InChI is InChI=1S/C22H24ClN3O2S2/c1-16-3-5-18(6-4-16)13-20-15-29-22(24-20)25-11-12-26(17(2)14-25)30(27,28)21-9-7-19(23)8-10-21/h3-10,15,17H,11-14H2,1-2H3. The number of aromatic nitrogens is 1. The van der Waals surface area contributed by atoms with Crippen LogP contribution < -0.4 is 4.90 Å². The highest BCUT2D eigenvalue weighted by atomic mass is 35.5. The first-order chi connectivity index (χ1) is 14.3. The molecule has 2 heterocycles. The molecule has 0 aliphatic carbocycles. The van der Waals surface area contributed by atoms with Gasteiger partial charge < -0.3 is 4.90 Å². The molecule has 0 amide bonds. The smallest absolute Gasteiger partial charge is 0.243 e. The van der Waals surface area contributed by atoms with Crippen molar-refractivity contribution in [1.82, 2.24) is 9.29 Å². The van der Waals surface area contributed by atoms with E-state index < -0.39 is 10.0 Å². The van der Waals surface area contributed by atoms with Gasteiger partial charge in [0.25, 0.3) is 0 Å². The lowest BCUT2D eigenvalue weighted by Crippen LogP contribution is -2.54. The minimum atomic E-state index is -3.54. The van der Waals surface area contributed by atoms with Crippen LogP contribution in [0.1, 0.15) is 23.7 Å². The Bertz CT molecular complexity index is 1110. The molecule has 1 fully saturated rings. The summed E-state index contributed by atoms with van der Waals surface area (Å²) < 4.78 is 27.6. The molecule has 0 saturated carbocycles. The predicted octanol–water partition coefficient (Wildman–Crippen LogP) is 4.60. The van der Waals surface area contributed by atoms with Crippen molar-refractivity contribution in [1.29, 1.82) is 0 Å². The van der Waals surface area contributed by atoms with E-state index in [0.29, 0.717) is 24.7 Å². The Morgan fingerprint density at radius 3 is 2.47 bits per heavy atom. The van der Waals surface area contributed by atoms with Crippen LogP contribution in [-0.4, -0.2) is 43.4 Å². The van der Waals surface area contributed by atoms with E-state index in [1.54, 1.807) is 39.9 Å². The summed E-state index contributed by atoms with van der Waals surface area (Å²) in [6.45, 7) is 5.69. The maximum atomic E-state index is 13.0. The second-order valence-electron chi connectivity index (χ2n) is 7.65. The van der Waals surface area contributed by atoms with E-state index >= 15 is 0 Å². The number of hydrogen-bond donors (Lipinski definition) is 0. The number of halogens is 1. The molecule has 158 valence electrons. The second-order valence-corrected chi connectivity index (χ2v) is 10.8. The molecule has 0 radical (unpaired) electrons. The molecule has 1 aliphatic rings. The van der Waals surface area contributed by atoms with Crippen molar-refractivity contribution >= 4 is 38.1 Å². The number of rotatable bonds is 5. The summed E-state index contributed by atoms with van der Waals surface area (Å²) in [4.78, 5) is 7.26. The van der Waals surface area contributed by atoms with Gasteiger partial charge in [0.2, 0.25) is 10.0 Å². The van der Waals surface area contributed by atoms with Gasteiger partial charge in [-0.05, 0) is 43.7 Å². The SMILES string of the molecule is Cc1ccc(Cc2csc(N3CCN(S(=O)(=O)c4ccc(Cl)cc4)C(C)C3)n2)cc1. The quantitative estimate of drug-likeness (QED) is 0.557. The van der Waals surface area contributed by atoms with Gasteiger partial charge in [0.15, 0.2) is 5.13 Å². The van der Waals surface area contributed by atoms with Crippen LogP contribution in [-0.2, 0) is 16.4 Å². The molecule has 2 aromatic carbocycles. The van der Waals surface area contributed by atoms with Gasteiger partial charge in [-0.3, -0.25) is 0 Å². The van der Waals surface area contributed by atoms with Gasteiger partial charge in [-0.2, -0.15) is 4.31 Å². The molecule has 5 nitrogen and oxygen atoms in total. The number of thiazole rings is 1. The molecule has 1 atom stereocenters. The van der Waals surface area contributed by atoms with E-state index in [-0.39, 0.29) is 10.9 Å². The first-order valence-corrected chi connectivity index (χ1v) is 12.5. The lowest BCUT2D eigenvalue weighted by Gasteiger charge is -2.38. The predicted molar refractivity (Wildman–Crippen MR) is 123 cm³/mol. The Balaban J connectivity index is 1.44. The van der Waals surface area contributed by atoms with Crippen LogP contribution in [0.3, 0.4) is 0 Å². The van der Waals surface area contributed by atoms with Gasteiger partial charge in [0, 0.05) is 42.5 Å². The highest BCUT2D eigenvalue weighted by Crippen LogP contribution is 2.28. The average Bonchev–Trinajstić information content (AvgIpc) is 3.18. The fourth-order valence-electron chi connectivity index (χ4n) is 3.65. The number of nitrogens with zero attached hydrogens (tertiary/aromatic N) is 3. The van der Waals surface area contributed by atoms with Crippen molar-refractivity contribution < 1.29 is 8.42 Å². The lowest BCUT2D eigenvalue weighted by atomic mass is 10.1. The van der Waals surface area contributed by atoms with Crippen LogP contribution in [0.4, 0.5) is 5.13 Å². The molecule has 4 rings (SSSR count). The van der Waals surface area contributed by atoms with E-state index in [1.807, 2.05) is 6.92 Å². The number of benzene rings is 2. The van der Waals surface area contributed by atoms with Crippen LogP contribution in [0.2, 0.25) is 5.02 Å². The summed E-state index contributed by atoms with van der Waals surface area (Å²) in [5.74, 6) is 0. The zero-order valence-electron chi connectivity index (χ0n) is 17.0. The highest BCUT2D eigenvalue weighted by molar-refractivity contribution is 7.89. The van der Waals surface area contributed by atoms with Crippen molar-refractivity contribution in [2.24, 2.45) is 0 Å². The molecular weight excluding hydrogens is 438 g/mol. The van der Waals surface area contributed by atoms with E-state index in [0.717, 1.165) is 17.2 Å². The van der Waals surface area contributed by atoms with Crippen molar-refractivity contribution in [3.05, 3.63) is 75.8 Å². The Morgan fingerprint density at radius 2 is 1.80 bits per heavy atom. The van der Waals surface area contributed by atoms with Gasteiger partial charge in [-0.15, -0.1) is 11.3 Å². The molecule has 3 aromatic rings.